The van der Waals surface area contributed by atoms with E-state index in [-0.39, 0.29) is 0 Å². The molecule has 0 saturated heterocycles. The van der Waals surface area contributed by atoms with E-state index in [4.69, 9.17) is 4.74 Å². The lowest BCUT2D eigenvalue weighted by Gasteiger charge is -2.11. The van der Waals surface area contributed by atoms with Gasteiger partial charge in [-0.25, -0.2) is 4.98 Å². The van der Waals surface area contributed by atoms with Crippen LogP contribution in [0.25, 0.3) is 10.8 Å². The molecule has 1 heterocycles. The van der Waals surface area contributed by atoms with E-state index in [0.717, 1.165) is 43.3 Å². The number of rotatable bonds is 7. The molecular weight excluding hydrogens is 248 g/mol. The molecule has 106 valence electrons. The van der Waals surface area contributed by atoms with Crippen molar-refractivity contribution >= 4 is 10.8 Å². The Morgan fingerprint density at radius 2 is 2.05 bits per heavy atom. The van der Waals surface area contributed by atoms with Crippen LogP contribution in [0.2, 0.25) is 0 Å². The van der Waals surface area contributed by atoms with Crippen molar-refractivity contribution in [3.05, 3.63) is 36.0 Å². The van der Waals surface area contributed by atoms with Gasteiger partial charge in [0.2, 0.25) is 5.88 Å². The summed E-state index contributed by atoms with van der Waals surface area (Å²) in [5.74, 6) is 1.68. The maximum atomic E-state index is 5.90. The fourth-order valence-electron chi connectivity index (χ4n) is 2.47. The molecule has 0 aliphatic heterocycles. The van der Waals surface area contributed by atoms with Gasteiger partial charge >= 0.3 is 0 Å². The summed E-state index contributed by atoms with van der Waals surface area (Å²) in [6.07, 6.45) is 5.85. The number of ether oxygens (including phenoxy) is 1. The van der Waals surface area contributed by atoms with Crippen LogP contribution in [0, 0.1) is 5.92 Å². The Labute approximate surface area is 120 Å². The van der Waals surface area contributed by atoms with Gasteiger partial charge in [-0.05, 0) is 35.9 Å². The molecule has 1 fully saturated rings. The number of nitrogens with one attached hydrogen (secondary N) is 1. The molecule has 20 heavy (non-hydrogen) atoms. The number of fused-ring (bicyclic) bond motifs is 1. The van der Waals surface area contributed by atoms with Gasteiger partial charge in [0.1, 0.15) is 0 Å². The number of benzene rings is 1. The molecule has 1 aliphatic carbocycles. The summed E-state index contributed by atoms with van der Waals surface area (Å²) in [5.41, 5.74) is 1.23. The number of hydrogen-bond acceptors (Lipinski definition) is 3. The van der Waals surface area contributed by atoms with E-state index in [1.165, 1.54) is 23.8 Å². The van der Waals surface area contributed by atoms with Crippen molar-refractivity contribution < 1.29 is 4.74 Å². The van der Waals surface area contributed by atoms with Crippen LogP contribution in [0.1, 0.15) is 31.7 Å². The lowest BCUT2D eigenvalue weighted by atomic mass is 10.1. The van der Waals surface area contributed by atoms with Crippen LogP contribution < -0.4 is 10.1 Å². The van der Waals surface area contributed by atoms with Crippen LogP contribution in [0.15, 0.2) is 30.5 Å². The first kappa shape index (κ1) is 13.4. The molecule has 0 radical (unpaired) electrons. The van der Waals surface area contributed by atoms with E-state index in [2.05, 4.69) is 41.5 Å². The Morgan fingerprint density at radius 1 is 1.25 bits per heavy atom. The van der Waals surface area contributed by atoms with Crippen LogP contribution in [-0.4, -0.2) is 18.1 Å². The van der Waals surface area contributed by atoms with E-state index in [9.17, 15) is 0 Å². The predicted molar refractivity (Wildman–Crippen MR) is 82.0 cm³/mol. The van der Waals surface area contributed by atoms with Crippen molar-refractivity contribution in [1.29, 1.82) is 0 Å². The zero-order valence-corrected chi connectivity index (χ0v) is 12.1. The Bertz CT molecular complexity index is 578. The molecule has 0 spiro atoms. The predicted octanol–water partition coefficient (Wildman–Crippen LogP) is 3.52. The van der Waals surface area contributed by atoms with Gasteiger partial charge in [-0.1, -0.05) is 38.0 Å². The SMILES string of the molecule is CCNCc1cnc(OCCC2CC2)c2ccccc12. The third kappa shape index (κ3) is 3.10. The molecule has 3 heteroatoms. The summed E-state index contributed by atoms with van der Waals surface area (Å²) in [6, 6.07) is 8.38. The highest BCUT2D eigenvalue weighted by Crippen LogP contribution is 2.33. The van der Waals surface area contributed by atoms with Crippen molar-refractivity contribution in [2.45, 2.75) is 32.7 Å². The van der Waals surface area contributed by atoms with Crippen LogP contribution in [-0.2, 0) is 6.54 Å². The molecule has 0 amide bonds. The molecule has 1 saturated carbocycles. The van der Waals surface area contributed by atoms with Gasteiger partial charge in [0.05, 0.1) is 6.61 Å². The molecule has 2 aromatic rings. The summed E-state index contributed by atoms with van der Waals surface area (Å²) >= 11 is 0. The summed E-state index contributed by atoms with van der Waals surface area (Å²) < 4.78 is 5.90. The normalized spacial score (nSPS) is 14.7. The van der Waals surface area contributed by atoms with Gasteiger partial charge < -0.3 is 10.1 Å². The van der Waals surface area contributed by atoms with Gasteiger partial charge in [-0.3, -0.25) is 0 Å². The van der Waals surface area contributed by atoms with Gasteiger partial charge in [0.15, 0.2) is 0 Å². The molecule has 1 aromatic heterocycles. The Kier molecular flexibility index (Phi) is 4.16. The first-order valence-electron chi connectivity index (χ1n) is 7.58. The monoisotopic (exact) mass is 270 g/mol. The molecule has 0 bridgehead atoms. The lowest BCUT2D eigenvalue weighted by molar-refractivity contribution is 0.295. The highest BCUT2D eigenvalue weighted by Gasteiger charge is 2.21. The number of nitrogens with zero attached hydrogens (tertiary/aromatic N) is 1. The minimum Gasteiger partial charge on any atom is -0.477 e. The molecule has 1 aliphatic rings. The van der Waals surface area contributed by atoms with Crippen molar-refractivity contribution in [2.75, 3.05) is 13.2 Å². The summed E-state index contributed by atoms with van der Waals surface area (Å²) in [4.78, 5) is 4.51. The van der Waals surface area contributed by atoms with Gasteiger partial charge in [-0.2, -0.15) is 0 Å². The molecule has 1 N–H and O–H groups in total. The maximum Gasteiger partial charge on any atom is 0.221 e. The lowest BCUT2D eigenvalue weighted by Crippen LogP contribution is -2.12. The molecule has 0 unspecified atom stereocenters. The maximum absolute atomic E-state index is 5.90. The van der Waals surface area contributed by atoms with E-state index in [1.54, 1.807) is 0 Å². The second kappa shape index (κ2) is 6.23. The van der Waals surface area contributed by atoms with Gasteiger partial charge in [0.25, 0.3) is 0 Å². The van der Waals surface area contributed by atoms with E-state index in [1.807, 2.05) is 6.20 Å². The van der Waals surface area contributed by atoms with E-state index < -0.39 is 0 Å². The minimum absolute atomic E-state index is 0.779. The Morgan fingerprint density at radius 3 is 2.80 bits per heavy atom. The van der Waals surface area contributed by atoms with Crippen LogP contribution >= 0.6 is 0 Å². The number of hydrogen-bond donors (Lipinski definition) is 1. The Hall–Kier alpha value is -1.61. The fraction of sp³-hybridized carbons (Fsp3) is 0.471. The third-order valence-electron chi connectivity index (χ3n) is 3.87. The van der Waals surface area contributed by atoms with E-state index >= 15 is 0 Å². The zero-order chi connectivity index (χ0) is 13.8. The van der Waals surface area contributed by atoms with Gasteiger partial charge in [-0.15, -0.1) is 0 Å². The van der Waals surface area contributed by atoms with Crippen molar-refractivity contribution in [3.8, 4) is 5.88 Å². The summed E-state index contributed by atoms with van der Waals surface area (Å²) in [7, 11) is 0. The van der Waals surface area contributed by atoms with Crippen LogP contribution in [0.3, 0.4) is 0 Å². The van der Waals surface area contributed by atoms with E-state index in [0.29, 0.717) is 0 Å². The number of aromatic nitrogens is 1. The summed E-state index contributed by atoms with van der Waals surface area (Å²) in [6.45, 7) is 4.72. The average Bonchev–Trinajstić information content (AvgIpc) is 3.30. The first-order chi connectivity index (χ1) is 9.88. The smallest absolute Gasteiger partial charge is 0.221 e. The Balaban J connectivity index is 1.80. The van der Waals surface area contributed by atoms with Crippen LogP contribution in [0.4, 0.5) is 0 Å². The second-order valence-corrected chi connectivity index (χ2v) is 5.50. The minimum atomic E-state index is 0.779. The highest BCUT2D eigenvalue weighted by molar-refractivity contribution is 5.89. The first-order valence-corrected chi connectivity index (χ1v) is 7.58. The zero-order valence-electron chi connectivity index (χ0n) is 12.1. The second-order valence-electron chi connectivity index (χ2n) is 5.50. The summed E-state index contributed by atoms with van der Waals surface area (Å²) in [5, 5.41) is 5.73. The fourth-order valence-corrected chi connectivity index (χ4v) is 2.47. The molecule has 3 nitrogen and oxygen atoms in total. The average molecular weight is 270 g/mol. The quantitative estimate of drug-likeness (QED) is 0.836. The van der Waals surface area contributed by atoms with Gasteiger partial charge in [0, 0.05) is 18.1 Å². The topological polar surface area (TPSA) is 34.2 Å². The van der Waals surface area contributed by atoms with Crippen molar-refractivity contribution in [2.24, 2.45) is 5.92 Å². The molecule has 1 aromatic carbocycles. The van der Waals surface area contributed by atoms with Crippen molar-refractivity contribution in [3.63, 3.8) is 0 Å². The third-order valence-corrected chi connectivity index (χ3v) is 3.87. The van der Waals surface area contributed by atoms with Crippen LogP contribution in [0.5, 0.6) is 5.88 Å². The number of pyridine rings is 1. The molecule has 3 rings (SSSR count). The molecule has 0 atom stereocenters. The van der Waals surface area contributed by atoms with Crippen molar-refractivity contribution in [1.82, 2.24) is 10.3 Å². The molecular formula is C17H22N2O. The standard InChI is InChI=1S/C17H22N2O/c1-2-18-11-14-12-19-17(20-10-9-13-7-8-13)16-6-4-3-5-15(14)16/h3-6,12-13,18H,2,7-11H2,1H3. The highest BCUT2D eigenvalue weighted by atomic mass is 16.5. The largest absolute Gasteiger partial charge is 0.477 e.